The van der Waals surface area contributed by atoms with Crippen LogP contribution in [-0.2, 0) is 4.79 Å². The number of halogens is 3. The molecule has 2 rings (SSSR count). The lowest BCUT2D eigenvalue weighted by molar-refractivity contribution is -0.186. The van der Waals surface area contributed by atoms with E-state index in [-0.39, 0.29) is 22.5 Å². The lowest BCUT2D eigenvalue weighted by Crippen LogP contribution is -2.53. The fourth-order valence-electron chi connectivity index (χ4n) is 1.68. The normalized spacial score (nSPS) is 14.0. The van der Waals surface area contributed by atoms with E-state index in [0.717, 1.165) is 0 Å². The first kappa shape index (κ1) is 17.1. The highest BCUT2D eigenvalue weighted by Gasteiger charge is 2.63. The summed E-state index contributed by atoms with van der Waals surface area (Å²) in [6.45, 7) is -1.07. The third-order valence-electron chi connectivity index (χ3n) is 2.91. The van der Waals surface area contributed by atoms with Gasteiger partial charge in [0.1, 0.15) is 12.4 Å². The Morgan fingerprint density at radius 3 is 2.30 bits per heavy atom. The van der Waals surface area contributed by atoms with Crippen LogP contribution in [0.4, 0.5) is 13.2 Å². The second-order valence-electron chi connectivity index (χ2n) is 4.50. The molecule has 1 N–H and O–H groups in total. The van der Waals surface area contributed by atoms with Crippen LogP contribution in [0.25, 0.3) is 0 Å². The smallest absolute Gasteiger partial charge is 0.417 e. The lowest BCUT2D eigenvalue weighted by atomic mass is 10.1. The van der Waals surface area contributed by atoms with Crippen molar-refractivity contribution < 1.29 is 27.8 Å². The Morgan fingerprint density at radius 2 is 1.78 bits per heavy atom. The predicted octanol–water partition coefficient (Wildman–Crippen LogP) is 3.64. The van der Waals surface area contributed by atoms with Crippen molar-refractivity contribution in [2.45, 2.75) is 15.9 Å². The van der Waals surface area contributed by atoms with E-state index >= 15 is 0 Å². The number of nitrogens with zero attached hydrogens (tertiary/aromatic N) is 1. The average Bonchev–Trinajstić information content (AvgIpc) is 2.52. The Kier molecular flexibility index (Phi) is 5.15. The van der Waals surface area contributed by atoms with Gasteiger partial charge in [0, 0.05) is 6.20 Å². The average molecular weight is 343 g/mol. The van der Waals surface area contributed by atoms with E-state index in [1.807, 2.05) is 0 Å². The molecule has 0 amide bonds. The molecule has 0 spiro atoms. The van der Waals surface area contributed by atoms with Crippen molar-refractivity contribution in [1.29, 1.82) is 0 Å². The highest BCUT2D eigenvalue weighted by atomic mass is 32.2. The van der Waals surface area contributed by atoms with E-state index in [9.17, 15) is 23.1 Å². The molecule has 0 saturated heterocycles. The van der Waals surface area contributed by atoms with Crippen molar-refractivity contribution in [2.24, 2.45) is 0 Å². The van der Waals surface area contributed by atoms with Gasteiger partial charge in [0.15, 0.2) is 0 Å². The van der Waals surface area contributed by atoms with Crippen LogP contribution in [0.1, 0.15) is 0 Å². The van der Waals surface area contributed by atoms with Crippen LogP contribution in [-0.4, -0.2) is 33.6 Å². The molecule has 1 aromatic carbocycles. The number of carboxylic acid groups (broad SMARTS) is 1. The van der Waals surface area contributed by atoms with Crippen LogP contribution in [0, 0.1) is 0 Å². The van der Waals surface area contributed by atoms with Crippen molar-refractivity contribution >= 4 is 17.7 Å². The molecule has 0 fully saturated rings. The van der Waals surface area contributed by atoms with Crippen LogP contribution in [0.3, 0.4) is 0 Å². The zero-order chi connectivity index (χ0) is 16.9. The number of carboxylic acids is 1. The third kappa shape index (κ3) is 3.95. The Labute approximate surface area is 134 Å². The summed E-state index contributed by atoms with van der Waals surface area (Å²) in [5.41, 5.74) is 0. The number of rotatable bonds is 6. The lowest BCUT2D eigenvalue weighted by Gasteiger charge is -2.30. The molecule has 1 unspecified atom stereocenters. The monoisotopic (exact) mass is 343 g/mol. The molecule has 8 heteroatoms. The predicted molar refractivity (Wildman–Crippen MR) is 78.5 cm³/mol. The third-order valence-corrected chi connectivity index (χ3v) is 4.23. The summed E-state index contributed by atoms with van der Waals surface area (Å²) in [5, 5.41) is 9.20. The van der Waals surface area contributed by atoms with Crippen molar-refractivity contribution in [2.75, 3.05) is 6.61 Å². The molecule has 122 valence electrons. The highest BCUT2D eigenvalue weighted by molar-refractivity contribution is 8.01. The van der Waals surface area contributed by atoms with Crippen LogP contribution >= 0.6 is 11.8 Å². The molecule has 2 aromatic rings. The van der Waals surface area contributed by atoms with Gasteiger partial charge in [-0.1, -0.05) is 36.0 Å². The first-order valence-corrected chi connectivity index (χ1v) is 7.25. The molecule has 23 heavy (non-hydrogen) atoms. The molecule has 4 nitrogen and oxygen atoms in total. The first-order chi connectivity index (χ1) is 10.8. The molecule has 0 aliphatic heterocycles. The van der Waals surface area contributed by atoms with Crippen LogP contribution in [0.15, 0.2) is 59.8 Å². The number of ether oxygens (including phenoxy) is 1. The Bertz CT molecular complexity index is 652. The number of pyridine rings is 1. The largest absolute Gasteiger partial charge is 0.491 e. The molecule has 0 radical (unpaired) electrons. The second kappa shape index (κ2) is 6.91. The summed E-state index contributed by atoms with van der Waals surface area (Å²) in [5.74, 6) is -1.87. The Balaban J connectivity index is 2.31. The van der Waals surface area contributed by atoms with Crippen molar-refractivity contribution in [3.63, 3.8) is 0 Å². The molecular formula is C15H12F3NO3S. The summed E-state index contributed by atoms with van der Waals surface area (Å²) in [7, 11) is 0. The SMILES string of the molecule is O=C(O)C(COc1ccccc1)(Sc1ccccn1)C(F)(F)F. The van der Waals surface area contributed by atoms with E-state index in [1.54, 1.807) is 18.2 Å². The number of aliphatic carboxylic acids is 1. The molecule has 1 heterocycles. The van der Waals surface area contributed by atoms with Crippen LogP contribution in [0.5, 0.6) is 5.75 Å². The molecule has 0 aliphatic rings. The maximum atomic E-state index is 13.5. The van der Waals surface area contributed by atoms with Gasteiger partial charge in [0.2, 0.25) is 4.75 Å². The van der Waals surface area contributed by atoms with E-state index in [4.69, 9.17) is 4.74 Å². The highest BCUT2D eigenvalue weighted by Crippen LogP contribution is 2.45. The Hall–Kier alpha value is -2.22. The standard InChI is InChI=1S/C15H12F3NO3S/c16-15(17,18)14(13(20)21,23-12-8-4-5-9-19-12)10-22-11-6-2-1-3-7-11/h1-9H,10H2,(H,20,21). The minimum Gasteiger partial charge on any atom is -0.491 e. The van der Waals surface area contributed by atoms with Crippen LogP contribution < -0.4 is 4.74 Å². The minimum atomic E-state index is -5.03. The maximum absolute atomic E-state index is 13.5. The minimum absolute atomic E-state index is 0.0520. The number of para-hydroxylation sites is 1. The number of hydrogen-bond acceptors (Lipinski definition) is 4. The van der Waals surface area contributed by atoms with Crippen LogP contribution in [0.2, 0.25) is 0 Å². The number of carbonyl (C=O) groups is 1. The molecule has 0 aliphatic carbocycles. The summed E-state index contributed by atoms with van der Waals surface area (Å²) in [4.78, 5) is 15.2. The van der Waals surface area contributed by atoms with Gasteiger partial charge in [0.05, 0.1) is 5.03 Å². The quantitative estimate of drug-likeness (QED) is 0.812. The van der Waals surface area contributed by atoms with Crippen molar-refractivity contribution in [3.05, 3.63) is 54.7 Å². The van der Waals surface area contributed by atoms with Gasteiger partial charge in [-0.2, -0.15) is 13.2 Å². The number of benzene rings is 1. The molecule has 1 aromatic heterocycles. The number of aromatic nitrogens is 1. The van der Waals surface area contributed by atoms with E-state index in [0.29, 0.717) is 0 Å². The van der Waals surface area contributed by atoms with Gasteiger partial charge < -0.3 is 9.84 Å². The fourth-order valence-corrected chi connectivity index (χ4v) is 2.62. The van der Waals surface area contributed by atoms with E-state index in [1.165, 1.54) is 36.5 Å². The maximum Gasteiger partial charge on any atom is 0.417 e. The van der Waals surface area contributed by atoms with Gasteiger partial charge in [-0.15, -0.1) is 0 Å². The van der Waals surface area contributed by atoms with Crippen molar-refractivity contribution in [1.82, 2.24) is 4.98 Å². The van der Waals surface area contributed by atoms with Crippen molar-refractivity contribution in [3.8, 4) is 5.75 Å². The van der Waals surface area contributed by atoms with Gasteiger partial charge >= 0.3 is 12.1 Å². The van der Waals surface area contributed by atoms with Gasteiger partial charge in [-0.3, -0.25) is 4.79 Å². The summed E-state index contributed by atoms with van der Waals surface area (Å²) in [6, 6.07) is 12.1. The zero-order valence-electron chi connectivity index (χ0n) is 11.7. The van der Waals surface area contributed by atoms with E-state index < -0.39 is 23.5 Å². The second-order valence-corrected chi connectivity index (χ2v) is 5.82. The topological polar surface area (TPSA) is 59.4 Å². The number of thioether (sulfide) groups is 1. The summed E-state index contributed by atoms with van der Waals surface area (Å²) >= 11 is 0.110. The molecule has 1 atom stereocenters. The Morgan fingerprint density at radius 1 is 1.13 bits per heavy atom. The molecular weight excluding hydrogens is 331 g/mol. The zero-order valence-corrected chi connectivity index (χ0v) is 12.5. The molecule has 0 saturated carbocycles. The first-order valence-electron chi connectivity index (χ1n) is 6.43. The number of alkyl halides is 3. The number of hydrogen-bond donors (Lipinski definition) is 1. The van der Waals surface area contributed by atoms with Gasteiger partial charge in [-0.05, 0) is 24.3 Å². The summed E-state index contributed by atoms with van der Waals surface area (Å²) < 4.78 is 42.4. The van der Waals surface area contributed by atoms with E-state index in [2.05, 4.69) is 4.98 Å². The summed E-state index contributed by atoms with van der Waals surface area (Å²) in [6.07, 6.45) is -3.74. The van der Waals surface area contributed by atoms with Gasteiger partial charge in [-0.25, -0.2) is 4.98 Å². The fraction of sp³-hybridized carbons (Fsp3) is 0.200. The van der Waals surface area contributed by atoms with Gasteiger partial charge in [0.25, 0.3) is 0 Å². The molecule has 0 bridgehead atoms.